The van der Waals surface area contributed by atoms with E-state index in [1.165, 1.54) is 12.0 Å². The topological polar surface area (TPSA) is 117 Å². The number of fused-ring (bicyclic) bond motifs is 2. The van der Waals surface area contributed by atoms with E-state index in [1.807, 2.05) is 99.6 Å². The quantitative estimate of drug-likeness (QED) is 0.311. The molecule has 0 aliphatic carbocycles. The lowest BCUT2D eigenvalue weighted by Gasteiger charge is -2.42. The molecule has 5 atom stereocenters. The Morgan fingerprint density at radius 1 is 0.679 bits per heavy atom. The van der Waals surface area contributed by atoms with Gasteiger partial charge in [-0.3, -0.25) is 19.3 Å². The molecule has 278 valence electrons. The smallest absolute Gasteiger partial charge is 0.415 e. The van der Waals surface area contributed by atoms with Gasteiger partial charge in [-0.05, 0) is 59.4 Å². The number of methoxy groups -OCH3 is 1. The van der Waals surface area contributed by atoms with E-state index in [1.54, 1.807) is 14.7 Å². The Morgan fingerprint density at radius 2 is 1.32 bits per heavy atom. The number of hydrogen-bond acceptors (Lipinski definition) is 7. The normalized spacial score (nSPS) is 23.7. The minimum Gasteiger partial charge on any atom is -0.467 e. The number of likely N-dealkylation sites (tertiary alicyclic amines) is 2. The van der Waals surface area contributed by atoms with E-state index in [-0.39, 0.29) is 42.7 Å². The SMILES string of the molecule is COC(=O)[C@@H]1CCCN1C(=O)[C@H]1Cc2ccccc2CN1C(=O)[C@H]1CC[C@@H](c2ccccc2)N1C(=O)[C@H]1Cc2ccccc2N1C(=O)OCC(C)(C)C. The van der Waals surface area contributed by atoms with E-state index < -0.39 is 42.3 Å². The van der Waals surface area contributed by atoms with Crippen LogP contribution in [0, 0.1) is 5.41 Å². The second-order valence-electron chi connectivity index (χ2n) is 15.8. The number of rotatable bonds is 6. The average molecular weight is 721 g/mol. The molecule has 4 amide bonds. The van der Waals surface area contributed by atoms with Gasteiger partial charge in [-0.1, -0.05) is 93.6 Å². The fraction of sp³-hybridized carbons (Fsp3) is 0.452. The summed E-state index contributed by atoms with van der Waals surface area (Å²) < 4.78 is 10.8. The van der Waals surface area contributed by atoms with Crippen LogP contribution in [0.4, 0.5) is 10.5 Å². The van der Waals surface area contributed by atoms with E-state index in [0.717, 1.165) is 22.3 Å². The summed E-state index contributed by atoms with van der Waals surface area (Å²) in [6.07, 6.45) is 2.03. The van der Waals surface area contributed by atoms with Crippen molar-refractivity contribution in [1.29, 1.82) is 0 Å². The monoisotopic (exact) mass is 720 g/mol. The lowest BCUT2D eigenvalue weighted by Crippen LogP contribution is -2.60. The van der Waals surface area contributed by atoms with Gasteiger partial charge in [0.2, 0.25) is 17.7 Å². The molecule has 11 heteroatoms. The molecular formula is C42H48N4O7. The molecule has 4 aliphatic heterocycles. The molecule has 3 aromatic rings. The third kappa shape index (κ3) is 7.01. The number of anilines is 1. The van der Waals surface area contributed by atoms with Crippen molar-refractivity contribution in [3.63, 3.8) is 0 Å². The van der Waals surface area contributed by atoms with Crippen molar-refractivity contribution < 1.29 is 33.4 Å². The maximum atomic E-state index is 15.2. The van der Waals surface area contributed by atoms with Crippen LogP contribution >= 0.6 is 0 Å². The summed E-state index contributed by atoms with van der Waals surface area (Å²) in [6.45, 7) is 6.68. The van der Waals surface area contributed by atoms with Crippen LogP contribution in [0.15, 0.2) is 78.9 Å². The number of nitrogens with zero attached hydrogens (tertiary/aromatic N) is 4. The van der Waals surface area contributed by atoms with E-state index in [9.17, 15) is 14.4 Å². The highest BCUT2D eigenvalue weighted by Gasteiger charge is 2.51. The van der Waals surface area contributed by atoms with Gasteiger partial charge in [-0.25, -0.2) is 9.59 Å². The van der Waals surface area contributed by atoms with Gasteiger partial charge in [0.15, 0.2) is 0 Å². The number of benzene rings is 3. The molecule has 0 radical (unpaired) electrons. The molecule has 0 bridgehead atoms. The molecule has 0 unspecified atom stereocenters. The van der Waals surface area contributed by atoms with Gasteiger partial charge >= 0.3 is 12.1 Å². The predicted octanol–water partition coefficient (Wildman–Crippen LogP) is 5.45. The van der Waals surface area contributed by atoms with Crippen molar-refractivity contribution >= 4 is 35.5 Å². The summed E-state index contributed by atoms with van der Waals surface area (Å²) in [5.74, 6) is -1.43. The Kier molecular flexibility index (Phi) is 10.0. The third-order valence-corrected chi connectivity index (χ3v) is 11.0. The first kappa shape index (κ1) is 36.2. The van der Waals surface area contributed by atoms with Crippen LogP contribution in [0.1, 0.15) is 74.8 Å². The first-order valence-corrected chi connectivity index (χ1v) is 18.6. The van der Waals surface area contributed by atoms with E-state index in [4.69, 9.17) is 9.47 Å². The second-order valence-corrected chi connectivity index (χ2v) is 15.8. The Balaban J connectivity index is 1.25. The van der Waals surface area contributed by atoms with Gasteiger partial charge in [0.1, 0.15) is 24.2 Å². The van der Waals surface area contributed by atoms with E-state index >= 15 is 9.59 Å². The largest absolute Gasteiger partial charge is 0.467 e. The van der Waals surface area contributed by atoms with Crippen LogP contribution in [0.25, 0.3) is 0 Å². The van der Waals surface area contributed by atoms with Crippen molar-refractivity contribution in [1.82, 2.24) is 14.7 Å². The highest BCUT2D eigenvalue weighted by molar-refractivity contribution is 6.02. The standard InChI is InChI=1S/C42H48N4O7/c1-42(2,3)26-53-41(51)46-31-18-11-10-16-29(31)24-36(46)39(49)45-32(27-13-6-5-7-14-27)20-21-33(45)37(47)44-25-30-17-9-8-15-28(30)23-35(44)38(48)43-22-12-19-34(43)40(50)52-4/h5-11,13-18,32-36H,12,19-26H2,1-4H3/t32-,33+,34-,35+,36+/m0/s1. The van der Waals surface area contributed by atoms with Gasteiger partial charge in [0.05, 0.1) is 25.4 Å². The van der Waals surface area contributed by atoms with Gasteiger partial charge < -0.3 is 24.2 Å². The molecule has 7 rings (SSSR count). The van der Waals surface area contributed by atoms with Gasteiger partial charge in [0, 0.05) is 25.9 Å². The van der Waals surface area contributed by atoms with Crippen LogP contribution < -0.4 is 4.90 Å². The zero-order valence-corrected chi connectivity index (χ0v) is 30.9. The number of ether oxygens (including phenoxy) is 2. The fourth-order valence-corrected chi connectivity index (χ4v) is 8.46. The first-order valence-electron chi connectivity index (χ1n) is 18.6. The van der Waals surface area contributed by atoms with Crippen molar-refractivity contribution in [2.75, 3.05) is 25.2 Å². The molecule has 0 saturated carbocycles. The molecule has 53 heavy (non-hydrogen) atoms. The summed E-state index contributed by atoms with van der Waals surface area (Å²) in [6, 6.07) is 21.1. The Hall–Kier alpha value is -5.19. The van der Waals surface area contributed by atoms with Crippen LogP contribution in [0.3, 0.4) is 0 Å². The molecular weight excluding hydrogens is 672 g/mol. The number of amides is 4. The highest BCUT2D eigenvalue weighted by Crippen LogP contribution is 2.42. The summed E-state index contributed by atoms with van der Waals surface area (Å²) in [5.41, 5.74) is 3.98. The average Bonchev–Trinajstić information content (AvgIpc) is 3.93. The van der Waals surface area contributed by atoms with Crippen molar-refractivity contribution in [2.24, 2.45) is 5.41 Å². The van der Waals surface area contributed by atoms with Gasteiger partial charge in [0.25, 0.3) is 0 Å². The van der Waals surface area contributed by atoms with Crippen molar-refractivity contribution in [3.05, 3.63) is 101 Å². The zero-order chi connectivity index (χ0) is 37.4. The molecule has 2 fully saturated rings. The predicted molar refractivity (Wildman–Crippen MR) is 198 cm³/mol. The Bertz CT molecular complexity index is 1890. The van der Waals surface area contributed by atoms with Crippen LogP contribution in [0.5, 0.6) is 0 Å². The summed E-state index contributed by atoms with van der Waals surface area (Å²) in [5, 5.41) is 0. The molecule has 2 saturated heterocycles. The van der Waals surface area contributed by atoms with Crippen molar-refractivity contribution in [3.8, 4) is 0 Å². The van der Waals surface area contributed by atoms with Crippen LogP contribution in [-0.4, -0.2) is 88.9 Å². The third-order valence-electron chi connectivity index (χ3n) is 11.0. The minimum atomic E-state index is -0.926. The van der Waals surface area contributed by atoms with Crippen molar-refractivity contribution in [2.45, 2.75) is 96.1 Å². The summed E-state index contributed by atoms with van der Waals surface area (Å²) in [4.78, 5) is 77.6. The summed E-state index contributed by atoms with van der Waals surface area (Å²) in [7, 11) is 1.32. The number of carbonyl (C=O) groups is 5. The first-order chi connectivity index (χ1) is 25.5. The summed E-state index contributed by atoms with van der Waals surface area (Å²) >= 11 is 0. The molecule has 0 spiro atoms. The lowest BCUT2D eigenvalue weighted by atomic mass is 9.92. The molecule has 3 aromatic carbocycles. The number of esters is 1. The molecule has 4 heterocycles. The van der Waals surface area contributed by atoms with E-state index in [0.29, 0.717) is 44.3 Å². The lowest BCUT2D eigenvalue weighted by molar-refractivity contribution is -0.157. The Morgan fingerprint density at radius 3 is 2.04 bits per heavy atom. The molecule has 4 aliphatic rings. The zero-order valence-electron chi connectivity index (χ0n) is 30.9. The molecule has 0 N–H and O–H groups in total. The van der Waals surface area contributed by atoms with Gasteiger partial charge in [-0.15, -0.1) is 0 Å². The Labute approximate surface area is 310 Å². The van der Waals surface area contributed by atoms with Gasteiger partial charge in [-0.2, -0.15) is 0 Å². The van der Waals surface area contributed by atoms with E-state index in [2.05, 4.69) is 0 Å². The second kappa shape index (κ2) is 14.7. The number of carbonyl (C=O) groups excluding carboxylic acids is 5. The number of hydrogen-bond donors (Lipinski definition) is 0. The maximum absolute atomic E-state index is 15.2. The number of para-hydroxylation sites is 1. The molecule has 11 nitrogen and oxygen atoms in total. The minimum absolute atomic E-state index is 0.169. The fourth-order valence-electron chi connectivity index (χ4n) is 8.46. The van der Waals surface area contributed by atoms with Crippen LogP contribution in [-0.2, 0) is 48.0 Å². The molecule has 0 aromatic heterocycles. The van der Waals surface area contributed by atoms with Crippen LogP contribution in [0.2, 0.25) is 0 Å². The maximum Gasteiger partial charge on any atom is 0.415 e. The highest BCUT2D eigenvalue weighted by atomic mass is 16.6.